The van der Waals surface area contributed by atoms with Gasteiger partial charge < -0.3 is 19.8 Å². The molecule has 5 aromatic rings. The first-order valence-electron chi connectivity index (χ1n) is 11.4. The molecule has 2 N–H and O–H groups in total. The summed E-state index contributed by atoms with van der Waals surface area (Å²) in [5, 5.41) is 0. The van der Waals surface area contributed by atoms with E-state index in [2.05, 4.69) is 0 Å². The third kappa shape index (κ3) is 4.01. The lowest BCUT2D eigenvalue weighted by atomic mass is 10.1. The molecule has 0 unspecified atom stereocenters. The van der Waals surface area contributed by atoms with Gasteiger partial charge in [-0.25, -0.2) is 18.4 Å². The highest BCUT2D eigenvalue weighted by atomic mass is 32.2. The zero-order valence-corrected chi connectivity index (χ0v) is 21.0. The van der Waals surface area contributed by atoms with Crippen LogP contribution >= 0.6 is 0 Å². The Morgan fingerprint density at radius 3 is 2.22 bits per heavy atom. The van der Waals surface area contributed by atoms with Crippen molar-refractivity contribution in [1.82, 2.24) is 14.5 Å². The summed E-state index contributed by atoms with van der Waals surface area (Å²) in [6.07, 6.45) is 0.562. The van der Waals surface area contributed by atoms with Gasteiger partial charge in [0, 0.05) is 6.54 Å². The molecule has 3 aromatic carbocycles. The summed E-state index contributed by atoms with van der Waals surface area (Å²) in [4.78, 5) is 9.60. The minimum absolute atomic E-state index is 0.0214. The van der Waals surface area contributed by atoms with Gasteiger partial charge in [-0.2, -0.15) is 0 Å². The molecule has 9 heteroatoms. The maximum Gasteiger partial charge on any atom is 0.212 e. The number of methoxy groups -OCH3 is 2. The highest BCUT2D eigenvalue weighted by molar-refractivity contribution is 7.92. The van der Waals surface area contributed by atoms with Crippen LogP contribution in [0.15, 0.2) is 76.5 Å². The van der Waals surface area contributed by atoms with E-state index in [0.29, 0.717) is 41.1 Å². The molecule has 0 aliphatic rings. The maximum absolute atomic E-state index is 13.8. The van der Waals surface area contributed by atoms with Crippen LogP contribution in [0.5, 0.6) is 11.5 Å². The van der Waals surface area contributed by atoms with E-state index >= 15 is 0 Å². The molecule has 0 spiro atoms. The zero-order valence-electron chi connectivity index (χ0n) is 20.2. The fourth-order valence-corrected chi connectivity index (χ4v) is 5.80. The topological polar surface area (TPSA) is 109 Å². The number of nitrogens with zero attached hydrogens (tertiary/aromatic N) is 3. The number of anilines is 1. The fourth-order valence-electron chi connectivity index (χ4n) is 4.29. The Bertz CT molecular complexity index is 1690. The average Bonchev–Trinajstić information content (AvgIpc) is 3.16. The van der Waals surface area contributed by atoms with Crippen molar-refractivity contribution in [3.8, 4) is 11.5 Å². The summed E-state index contributed by atoms with van der Waals surface area (Å²) in [5.74, 6) is 1.37. The van der Waals surface area contributed by atoms with E-state index < -0.39 is 9.84 Å². The molecular weight excluding hydrogens is 476 g/mol. The Morgan fingerprint density at radius 2 is 1.56 bits per heavy atom. The van der Waals surface area contributed by atoms with Crippen LogP contribution < -0.4 is 15.2 Å². The van der Waals surface area contributed by atoms with Crippen LogP contribution in [0.3, 0.4) is 0 Å². The standard InChI is InChI=1S/C27H26N4O4S/c1-17-8-11-19(12-9-17)36(32,33)25-24-27(30-21-7-5-4-6-20(21)29-24)31(26(25)28)15-14-18-10-13-22(34-2)23(16-18)35-3/h4-13,16H,14-15,28H2,1-3H3. The highest BCUT2D eigenvalue weighted by Gasteiger charge is 2.30. The number of fused-ring (bicyclic) bond motifs is 2. The van der Waals surface area contributed by atoms with Crippen LogP contribution in [0.1, 0.15) is 11.1 Å². The van der Waals surface area contributed by atoms with Crippen LogP contribution in [-0.2, 0) is 22.8 Å². The number of para-hydroxylation sites is 2. The zero-order chi connectivity index (χ0) is 25.4. The molecule has 36 heavy (non-hydrogen) atoms. The predicted molar refractivity (Wildman–Crippen MR) is 139 cm³/mol. The van der Waals surface area contributed by atoms with Gasteiger partial charge in [0.2, 0.25) is 9.84 Å². The van der Waals surface area contributed by atoms with Crippen LogP contribution in [-0.4, -0.2) is 37.2 Å². The first-order valence-corrected chi connectivity index (χ1v) is 12.9. The van der Waals surface area contributed by atoms with E-state index in [-0.39, 0.29) is 21.1 Å². The number of sulfone groups is 1. The predicted octanol–water partition coefficient (Wildman–Crippen LogP) is 4.57. The molecule has 0 aliphatic carbocycles. The molecule has 0 fully saturated rings. The first kappa shape index (κ1) is 23.6. The van der Waals surface area contributed by atoms with Gasteiger partial charge in [-0.05, 0) is 55.3 Å². The maximum atomic E-state index is 13.8. The molecule has 0 aliphatic heterocycles. The second kappa shape index (κ2) is 9.16. The van der Waals surface area contributed by atoms with Gasteiger partial charge in [-0.3, -0.25) is 0 Å². The molecule has 0 saturated heterocycles. The number of rotatable bonds is 7. The summed E-state index contributed by atoms with van der Waals surface area (Å²) < 4.78 is 40.0. The van der Waals surface area contributed by atoms with Gasteiger partial charge in [0.15, 0.2) is 17.1 Å². The number of nitrogen functional groups attached to an aromatic ring is 1. The monoisotopic (exact) mass is 502 g/mol. The SMILES string of the molecule is COc1ccc(CCn2c(N)c(S(=O)(=O)c3ccc(C)cc3)c3nc4ccccc4nc32)cc1OC. The normalized spacial score (nSPS) is 11.8. The third-order valence-corrected chi connectivity index (χ3v) is 8.05. The van der Waals surface area contributed by atoms with Gasteiger partial charge in [-0.1, -0.05) is 35.9 Å². The lowest BCUT2D eigenvalue weighted by Crippen LogP contribution is -2.09. The summed E-state index contributed by atoms with van der Waals surface area (Å²) in [7, 11) is -0.777. The summed E-state index contributed by atoms with van der Waals surface area (Å²) >= 11 is 0. The number of ether oxygens (including phenoxy) is 2. The highest BCUT2D eigenvalue weighted by Crippen LogP contribution is 2.36. The van der Waals surface area contributed by atoms with Crippen molar-refractivity contribution in [1.29, 1.82) is 0 Å². The number of aromatic nitrogens is 3. The van der Waals surface area contributed by atoms with Crippen molar-refractivity contribution in [2.24, 2.45) is 0 Å². The van der Waals surface area contributed by atoms with Crippen LogP contribution in [0.2, 0.25) is 0 Å². The molecule has 0 amide bonds. The van der Waals surface area contributed by atoms with Crippen LogP contribution in [0.25, 0.3) is 22.2 Å². The van der Waals surface area contributed by atoms with E-state index in [1.165, 1.54) is 0 Å². The van der Waals surface area contributed by atoms with Crippen LogP contribution in [0.4, 0.5) is 5.82 Å². The average molecular weight is 503 g/mol. The smallest absolute Gasteiger partial charge is 0.212 e. The van der Waals surface area contributed by atoms with Crippen LogP contribution in [0, 0.1) is 6.92 Å². The Morgan fingerprint density at radius 1 is 0.889 bits per heavy atom. The van der Waals surface area contributed by atoms with E-state index in [0.717, 1.165) is 11.1 Å². The van der Waals surface area contributed by atoms with E-state index in [9.17, 15) is 8.42 Å². The van der Waals surface area contributed by atoms with Crippen molar-refractivity contribution in [2.45, 2.75) is 29.7 Å². The number of hydrogen-bond donors (Lipinski definition) is 1. The Hall–Kier alpha value is -4.11. The quantitative estimate of drug-likeness (QED) is 0.347. The second-order valence-corrected chi connectivity index (χ2v) is 10.4. The summed E-state index contributed by atoms with van der Waals surface area (Å²) in [5.41, 5.74) is 10.4. The summed E-state index contributed by atoms with van der Waals surface area (Å²) in [6, 6.07) is 19.7. The molecule has 2 heterocycles. The van der Waals surface area contributed by atoms with Gasteiger partial charge >= 0.3 is 0 Å². The lowest BCUT2D eigenvalue weighted by Gasteiger charge is -2.11. The molecule has 8 nitrogen and oxygen atoms in total. The molecule has 0 atom stereocenters. The number of hydrogen-bond acceptors (Lipinski definition) is 7. The van der Waals surface area contributed by atoms with Crippen molar-refractivity contribution in [2.75, 3.05) is 20.0 Å². The van der Waals surface area contributed by atoms with Crippen molar-refractivity contribution in [3.63, 3.8) is 0 Å². The minimum Gasteiger partial charge on any atom is -0.493 e. The van der Waals surface area contributed by atoms with E-state index in [1.54, 1.807) is 49.1 Å². The van der Waals surface area contributed by atoms with Gasteiger partial charge in [-0.15, -0.1) is 0 Å². The molecular formula is C27H26N4O4S. The van der Waals surface area contributed by atoms with Crippen molar-refractivity contribution >= 4 is 37.9 Å². The van der Waals surface area contributed by atoms with Crippen molar-refractivity contribution < 1.29 is 17.9 Å². The van der Waals surface area contributed by atoms with Gasteiger partial charge in [0.1, 0.15) is 16.2 Å². The number of aryl methyl sites for hydroxylation is 3. The van der Waals surface area contributed by atoms with Gasteiger partial charge in [0.05, 0.1) is 30.1 Å². The molecule has 184 valence electrons. The Kier molecular flexibility index (Phi) is 6.01. The summed E-state index contributed by atoms with van der Waals surface area (Å²) in [6.45, 7) is 2.30. The third-order valence-electron chi connectivity index (χ3n) is 6.22. The minimum atomic E-state index is -3.95. The van der Waals surface area contributed by atoms with E-state index in [1.807, 2.05) is 43.3 Å². The molecule has 0 radical (unpaired) electrons. The first-order chi connectivity index (χ1) is 17.3. The second-order valence-electron chi connectivity index (χ2n) is 8.51. The number of benzene rings is 3. The molecule has 0 saturated carbocycles. The Labute approximate surface area is 209 Å². The lowest BCUT2D eigenvalue weighted by molar-refractivity contribution is 0.354. The fraction of sp³-hybridized carbons (Fsp3) is 0.185. The molecule has 0 bridgehead atoms. The molecule has 2 aromatic heterocycles. The van der Waals surface area contributed by atoms with Crippen molar-refractivity contribution in [3.05, 3.63) is 77.9 Å². The van der Waals surface area contributed by atoms with E-state index in [4.69, 9.17) is 25.2 Å². The largest absolute Gasteiger partial charge is 0.493 e. The number of nitrogens with two attached hydrogens (primary N) is 1. The molecule has 5 rings (SSSR count). The van der Waals surface area contributed by atoms with Gasteiger partial charge in [0.25, 0.3) is 0 Å². The Balaban J connectivity index is 1.66.